The number of unbranched alkanes of at least 4 members (excludes halogenated alkanes) is 3. The minimum absolute atomic E-state index is 0.151. The van der Waals surface area contributed by atoms with Crippen LogP contribution in [0.1, 0.15) is 37.4 Å². The summed E-state index contributed by atoms with van der Waals surface area (Å²) in [5.74, 6) is 0.890. The molecule has 0 aliphatic carbocycles. The zero-order chi connectivity index (χ0) is 17.5. The molecule has 0 bridgehead atoms. The van der Waals surface area contributed by atoms with Crippen LogP contribution in [0.4, 0.5) is 0 Å². The van der Waals surface area contributed by atoms with Gasteiger partial charge in [0.1, 0.15) is 5.75 Å². The second kappa shape index (κ2) is 9.18. The molecular weight excluding hydrogens is 314 g/mol. The second-order valence-electron chi connectivity index (χ2n) is 6.77. The highest BCUT2D eigenvalue weighted by Gasteiger charge is 2.21. The Morgan fingerprint density at radius 3 is 2.72 bits per heavy atom. The van der Waals surface area contributed by atoms with Gasteiger partial charge >= 0.3 is 0 Å². The van der Waals surface area contributed by atoms with E-state index < -0.39 is 0 Å². The Bertz CT molecular complexity index is 673. The number of hydrogen-bond acceptors (Lipinski definition) is 4. The average molecular weight is 343 g/mol. The van der Waals surface area contributed by atoms with Gasteiger partial charge in [-0.05, 0) is 53.9 Å². The van der Waals surface area contributed by atoms with Gasteiger partial charge in [0.15, 0.2) is 0 Å². The second-order valence-corrected chi connectivity index (χ2v) is 6.77. The number of aliphatic hydroxyl groups is 1. The summed E-state index contributed by atoms with van der Waals surface area (Å²) in [6.07, 6.45) is 4.59. The summed E-state index contributed by atoms with van der Waals surface area (Å²) >= 11 is 0. The van der Waals surface area contributed by atoms with Gasteiger partial charge in [0, 0.05) is 19.7 Å². The summed E-state index contributed by atoms with van der Waals surface area (Å²) in [7, 11) is 1.70. The maximum Gasteiger partial charge on any atom is 0.119 e. The third-order valence-electron chi connectivity index (χ3n) is 4.98. The molecule has 0 radical (unpaired) electrons. The lowest BCUT2D eigenvalue weighted by molar-refractivity contribution is -0.0303. The van der Waals surface area contributed by atoms with Crippen molar-refractivity contribution in [2.45, 2.75) is 31.8 Å². The smallest absolute Gasteiger partial charge is 0.119 e. The highest BCUT2D eigenvalue weighted by atomic mass is 16.5. The van der Waals surface area contributed by atoms with Crippen LogP contribution in [-0.2, 0) is 4.74 Å². The van der Waals surface area contributed by atoms with Crippen LogP contribution in [0.25, 0.3) is 10.8 Å². The van der Waals surface area contributed by atoms with Crippen molar-refractivity contribution in [1.29, 1.82) is 0 Å². The molecule has 0 saturated carbocycles. The van der Waals surface area contributed by atoms with E-state index in [2.05, 4.69) is 35.2 Å². The molecule has 3 rings (SSSR count). The van der Waals surface area contributed by atoms with Crippen molar-refractivity contribution in [3.63, 3.8) is 0 Å². The number of morpholine rings is 1. The van der Waals surface area contributed by atoms with Crippen LogP contribution in [0.15, 0.2) is 36.4 Å². The molecule has 0 aromatic heterocycles. The molecule has 1 atom stereocenters. The molecule has 2 aromatic carbocycles. The van der Waals surface area contributed by atoms with Crippen molar-refractivity contribution in [2.75, 3.05) is 40.0 Å². The standard InChI is InChI=1S/C21H29NO3/c1-24-20-9-8-17-14-19(7-6-18(17)15-20)21-16-22(11-13-25-21)10-4-2-3-5-12-23/h6-9,14-15,21,23H,2-5,10-13,16H2,1H3/t21-/m1/s1. The zero-order valence-corrected chi connectivity index (χ0v) is 15.1. The van der Waals surface area contributed by atoms with Crippen LogP contribution in [0.5, 0.6) is 5.75 Å². The van der Waals surface area contributed by atoms with Crippen molar-refractivity contribution < 1.29 is 14.6 Å². The first kappa shape index (κ1) is 18.2. The summed E-state index contributed by atoms with van der Waals surface area (Å²) < 4.78 is 11.3. The fourth-order valence-corrected chi connectivity index (χ4v) is 3.48. The number of rotatable bonds is 8. The third-order valence-corrected chi connectivity index (χ3v) is 4.98. The Hall–Kier alpha value is -1.62. The number of nitrogens with zero attached hydrogens (tertiary/aromatic N) is 1. The Balaban J connectivity index is 1.60. The number of methoxy groups -OCH3 is 1. The van der Waals surface area contributed by atoms with Crippen molar-refractivity contribution in [3.05, 3.63) is 42.0 Å². The minimum atomic E-state index is 0.151. The molecule has 25 heavy (non-hydrogen) atoms. The number of fused-ring (bicyclic) bond motifs is 1. The van der Waals surface area contributed by atoms with Crippen molar-refractivity contribution in [3.8, 4) is 5.75 Å². The van der Waals surface area contributed by atoms with E-state index in [9.17, 15) is 0 Å². The fraction of sp³-hybridized carbons (Fsp3) is 0.524. The Morgan fingerprint density at radius 2 is 1.88 bits per heavy atom. The van der Waals surface area contributed by atoms with Gasteiger partial charge in [0.25, 0.3) is 0 Å². The van der Waals surface area contributed by atoms with Crippen molar-refractivity contribution in [2.24, 2.45) is 0 Å². The van der Waals surface area contributed by atoms with Gasteiger partial charge in [-0.1, -0.05) is 31.0 Å². The molecule has 1 saturated heterocycles. The predicted octanol–water partition coefficient (Wildman–Crippen LogP) is 3.77. The van der Waals surface area contributed by atoms with Gasteiger partial charge in [-0.25, -0.2) is 0 Å². The highest BCUT2D eigenvalue weighted by Crippen LogP contribution is 2.28. The normalized spacial score (nSPS) is 18.6. The van der Waals surface area contributed by atoms with Gasteiger partial charge in [-0.3, -0.25) is 4.90 Å². The third kappa shape index (κ3) is 4.94. The molecular formula is C21H29NO3. The molecule has 0 amide bonds. The first-order valence-corrected chi connectivity index (χ1v) is 9.32. The van der Waals surface area contributed by atoms with Gasteiger partial charge in [0.05, 0.1) is 19.8 Å². The van der Waals surface area contributed by atoms with E-state index in [0.717, 1.165) is 44.8 Å². The molecule has 4 heteroatoms. The van der Waals surface area contributed by atoms with Crippen LogP contribution in [0.3, 0.4) is 0 Å². The molecule has 1 fully saturated rings. The first-order chi connectivity index (χ1) is 12.3. The van der Waals surface area contributed by atoms with Crippen LogP contribution in [-0.4, -0.2) is 50.0 Å². The predicted molar refractivity (Wildman–Crippen MR) is 101 cm³/mol. The van der Waals surface area contributed by atoms with Gasteiger partial charge in [-0.15, -0.1) is 0 Å². The quantitative estimate of drug-likeness (QED) is 0.741. The van der Waals surface area contributed by atoms with Crippen LogP contribution < -0.4 is 4.74 Å². The number of aliphatic hydroxyl groups excluding tert-OH is 1. The molecule has 1 N–H and O–H groups in total. The van der Waals surface area contributed by atoms with E-state index in [0.29, 0.717) is 6.61 Å². The van der Waals surface area contributed by atoms with Crippen LogP contribution in [0, 0.1) is 0 Å². The van der Waals surface area contributed by atoms with Crippen molar-refractivity contribution in [1.82, 2.24) is 4.90 Å². The van der Waals surface area contributed by atoms with Gasteiger partial charge < -0.3 is 14.6 Å². The van der Waals surface area contributed by atoms with Crippen LogP contribution >= 0.6 is 0 Å². The summed E-state index contributed by atoms with van der Waals surface area (Å²) in [4.78, 5) is 2.51. The maximum absolute atomic E-state index is 8.85. The molecule has 1 aliphatic rings. The molecule has 2 aromatic rings. The molecule has 4 nitrogen and oxygen atoms in total. The molecule has 1 heterocycles. The molecule has 1 aliphatic heterocycles. The Morgan fingerprint density at radius 1 is 1.08 bits per heavy atom. The lowest BCUT2D eigenvalue weighted by atomic mass is 10.0. The SMILES string of the molecule is COc1ccc2cc([C@H]3CN(CCCCCCO)CCO3)ccc2c1. The molecule has 0 spiro atoms. The molecule has 136 valence electrons. The van der Waals surface area contributed by atoms with Gasteiger partial charge in [-0.2, -0.15) is 0 Å². The highest BCUT2D eigenvalue weighted by molar-refractivity contribution is 5.84. The van der Waals surface area contributed by atoms with E-state index >= 15 is 0 Å². The van der Waals surface area contributed by atoms with Gasteiger partial charge in [0.2, 0.25) is 0 Å². The monoisotopic (exact) mass is 343 g/mol. The Labute approximate surface area is 150 Å². The largest absolute Gasteiger partial charge is 0.497 e. The van der Waals surface area contributed by atoms with E-state index in [4.69, 9.17) is 14.6 Å². The number of hydrogen-bond donors (Lipinski definition) is 1. The first-order valence-electron chi connectivity index (χ1n) is 9.32. The van der Waals surface area contributed by atoms with E-state index in [-0.39, 0.29) is 6.10 Å². The fourth-order valence-electron chi connectivity index (χ4n) is 3.48. The summed E-state index contributed by atoms with van der Waals surface area (Å²) in [6, 6.07) is 12.8. The lowest BCUT2D eigenvalue weighted by Gasteiger charge is -2.33. The zero-order valence-electron chi connectivity index (χ0n) is 15.1. The summed E-state index contributed by atoms with van der Waals surface area (Å²) in [5, 5.41) is 11.3. The minimum Gasteiger partial charge on any atom is -0.497 e. The average Bonchev–Trinajstić information content (AvgIpc) is 2.67. The van der Waals surface area contributed by atoms with E-state index in [1.807, 2.05) is 6.07 Å². The van der Waals surface area contributed by atoms with E-state index in [1.165, 1.54) is 29.2 Å². The van der Waals surface area contributed by atoms with Crippen LogP contribution in [0.2, 0.25) is 0 Å². The van der Waals surface area contributed by atoms with E-state index in [1.54, 1.807) is 7.11 Å². The number of benzene rings is 2. The van der Waals surface area contributed by atoms with Crippen molar-refractivity contribution >= 4 is 10.8 Å². The molecule has 0 unspecified atom stereocenters. The number of ether oxygens (including phenoxy) is 2. The Kier molecular flexibility index (Phi) is 6.68. The summed E-state index contributed by atoms with van der Waals surface area (Å²) in [6.45, 7) is 4.20. The lowest BCUT2D eigenvalue weighted by Crippen LogP contribution is -2.38. The maximum atomic E-state index is 8.85. The topological polar surface area (TPSA) is 41.9 Å². The summed E-state index contributed by atoms with van der Waals surface area (Å²) in [5.41, 5.74) is 1.25.